The highest BCUT2D eigenvalue weighted by Gasteiger charge is 1.98. The molecule has 1 atom stereocenters. The quantitative estimate of drug-likeness (QED) is 0.457. The van der Waals surface area contributed by atoms with Crippen LogP contribution < -0.4 is 0 Å². The Balaban J connectivity index is 2.31. The lowest BCUT2D eigenvalue weighted by Crippen LogP contribution is -1.87. The number of rotatable bonds is 6. The van der Waals surface area contributed by atoms with Crippen molar-refractivity contribution in [2.45, 2.75) is 39.0 Å². The summed E-state index contributed by atoms with van der Waals surface area (Å²) in [7, 11) is 0. The number of allylic oxidation sites excluding steroid dienone is 4. The zero-order valence-corrected chi connectivity index (χ0v) is 10.4. The monoisotopic (exact) mass is 214 g/mol. The number of hydrogen-bond donors (Lipinski definition) is 0. The molecule has 0 saturated heterocycles. The Morgan fingerprint density at radius 1 is 1.00 bits per heavy atom. The first-order chi connectivity index (χ1) is 7.84. The van der Waals surface area contributed by atoms with E-state index in [1.807, 2.05) is 0 Å². The average molecular weight is 214 g/mol. The average Bonchev–Trinajstić information content (AvgIpc) is 2.34. The topological polar surface area (TPSA) is 0 Å². The first kappa shape index (κ1) is 12.8. The summed E-state index contributed by atoms with van der Waals surface area (Å²) < 4.78 is 0. The lowest BCUT2D eigenvalue weighted by Gasteiger charge is -2.05. The van der Waals surface area contributed by atoms with Gasteiger partial charge in [0, 0.05) is 0 Å². The molecule has 1 rings (SSSR count). The van der Waals surface area contributed by atoms with Crippen molar-refractivity contribution in [1.82, 2.24) is 0 Å². The third-order valence-corrected chi connectivity index (χ3v) is 2.65. The van der Waals surface area contributed by atoms with Gasteiger partial charge in [0.15, 0.2) is 0 Å². The molecule has 0 bridgehead atoms. The van der Waals surface area contributed by atoms with Crippen LogP contribution in [0.1, 0.15) is 44.6 Å². The summed E-state index contributed by atoms with van der Waals surface area (Å²) in [6.07, 6.45) is 12.5. The second-order valence-corrected chi connectivity index (χ2v) is 4.08. The molecule has 1 aromatic rings. The molecule has 0 spiro atoms. The highest BCUT2D eigenvalue weighted by atomic mass is 14.0. The Bertz CT molecular complexity index is 319. The van der Waals surface area contributed by atoms with Crippen LogP contribution in [0.3, 0.4) is 0 Å². The predicted molar refractivity (Wildman–Crippen MR) is 72.7 cm³/mol. The molecule has 0 radical (unpaired) electrons. The first-order valence-corrected chi connectivity index (χ1v) is 6.21. The van der Waals surface area contributed by atoms with E-state index < -0.39 is 0 Å². The molecule has 0 nitrogen and oxygen atoms in total. The number of hydrogen-bond acceptors (Lipinski definition) is 0. The van der Waals surface area contributed by atoms with Crippen LogP contribution in [-0.4, -0.2) is 0 Å². The molecule has 0 amide bonds. The van der Waals surface area contributed by atoms with Gasteiger partial charge >= 0.3 is 0 Å². The molecule has 0 saturated carbocycles. The summed E-state index contributed by atoms with van der Waals surface area (Å²) >= 11 is 0. The fourth-order valence-corrected chi connectivity index (χ4v) is 1.65. The van der Waals surface area contributed by atoms with Gasteiger partial charge in [-0.05, 0) is 30.7 Å². The van der Waals surface area contributed by atoms with E-state index in [0.29, 0.717) is 5.92 Å². The molecule has 0 fully saturated rings. The van der Waals surface area contributed by atoms with Crippen LogP contribution in [0, 0.1) is 0 Å². The normalized spacial score (nSPS) is 13.6. The predicted octanol–water partition coefficient (Wildman–Crippen LogP) is 5.09. The molecule has 1 unspecified atom stereocenters. The fraction of sp³-hybridized carbons (Fsp3) is 0.375. The smallest absolute Gasteiger partial charge is 0.00104 e. The summed E-state index contributed by atoms with van der Waals surface area (Å²) in [5.41, 5.74) is 1.39. The molecule has 0 aliphatic carbocycles. The standard InChI is InChI=1S/C16H22/c1-3-4-5-6-7-9-12-15(2)16-13-10-8-11-14-16/h4-5,8-15H,3,6-7H2,1-2H3/b5-4-,12-9-. The van der Waals surface area contributed by atoms with Crippen LogP contribution in [0.5, 0.6) is 0 Å². The minimum atomic E-state index is 0.524. The SMILES string of the molecule is CC/C=C\CC/C=C\C(C)c1ccccc1. The highest BCUT2D eigenvalue weighted by Crippen LogP contribution is 2.16. The van der Waals surface area contributed by atoms with Gasteiger partial charge in [-0.2, -0.15) is 0 Å². The highest BCUT2D eigenvalue weighted by molar-refractivity contribution is 5.22. The Morgan fingerprint density at radius 3 is 2.38 bits per heavy atom. The van der Waals surface area contributed by atoms with E-state index >= 15 is 0 Å². The van der Waals surface area contributed by atoms with Gasteiger partial charge in [0.1, 0.15) is 0 Å². The van der Waals surface area contributed by atoms with Crippen molar-refractivity contribution in [3.8, 4) is 0 Å². The minimum absolute atomic E-state index is 0.524. The van der Waals surface area contributed by atoms with Crippen molar-refractivity contribution >= 4 is 0 Å². The molecule has 0 aliphatic heterocycles. The van der Waals surface area contributed by atoms with Gasteiger partial charge in [-0.15, -0.1) is 0 Å². The molecule has 1 aromatic carbocycles. The van der Waals surface area contributed by atoms with Crippen LogP contribution >= 0.6 is 0 Å². The zero-order chi connectivity index (χ0) is 11.6. The lowest BCUT2D eigenvalue weighted by molar-refractivity contribution is 0.944. The van der Waals surface area contributed by atoms with Crippen molar-refractivity contribution in [2.24, 2.45) is 0 Å². The van der Waals surface area contributed by atoms with Crippen molar-refractivity contribution in [3.05, 3.63) is 60.2 Å². The van der Waals surface area contributed by atoms with E-state index in [4.69, 9.17) is 0 Å². The van der Waals surface area contributed by atoms with Crippen LogP contribution in [0.2, 0.25) is 0 Å². The fourth-order valence-electron chi connectivity index (χ4n) is 1.65. The van der Waals surface area contributed by atoms with E-state index in [0.717, 1.165) is 19.3 Å². The summed E-state index contributed by atoms with van der Waals surface area (Å²) in [5, 5.41) is 0. The van der Waals surface area contributed by atoms with Gasteiger partial charge in [-0.3, -0.25) is 0 Å². The summed E-state index contributed by atoms with van der Waals surface area (Å²) in [5.74, 6) is 0.524. The molecule has 0 aromatic heterocycles. The molecule has 0 heteroatoms. The van der Waals surface area contributed by atoms with Crippen LogP contribution in [-0.2, 0) is 0 Å². The van der Waals surface area contributed by atoms with E-state index in [1.54, 1.807) is 0 Å². The van der Waals surface area contributed by atoms with E-state index in [-0.39, 0.29) is 0 Å². The maximum absolute atomic E-state index is 2.30. The number of unbranched alkanes of at least 4 members (excludes halogenated alkanes) is 1. The van der Waals surface area contributed by atoms with Gasteiger partial charge in [0.2, 0.25) is 0 Å². The third-order valence-electron chi connectivity index (χ3n) is 2.65. The second kappa shape index (κ2) is 7.92. The molecule has 16 heavy (non-hydrogen) atoms. The zero-order valence-electron chi connectivity index (χ0n) is 10.4. The lowest BCUT2D eigenvalue weighted by atomic mass is 10.0. The molecule has 0 heterocycles. The Hall–Kier alpha value is -1.30. The third kappa shape index (κ3) is 4.97. The summed E-state index contributed by atoms with van der Waals surface area (Å²) in [6.45, 7) is 4.41. The van der Waals surface area contributed by atoms with E-state index in [2.05, 4.69) is 68.5 Å². The number of benzene rings is 1. The van der Waals surface area contributed by atoms with Crippen LogP contribution in [0.4, 0.5) is 0 Å². The molecular weight excluding hydrogens is 192 g/mol. The van der Waals surface area contributed by atoms with Crippen LogP contribution in [0.25, 0.3) is 0 Å². The largest absolute Gasteiger partial charge is 0.0888 e. The Morgan fingerprint density at radius 2 is 1.69 bits per heavy atom. The van der Waals surface area contributed by atoms with Crippen molar-refractivity contribution < 1.29 is 0 Å². The molecule has 0 N–H and O–H groups in total. The van der Waals surface area contributed by atoms with E-state index in [9.17, 15) is 0 Å². The first-order valence-electron chi connectivity index (χ1n) is 6.21. The van der Waals surface area contributed by atoms with Crippen LogP contribution in [0.15, 0.2) is 54.6 Å². The summed E-state index contributed by atoms with van der Waals surface area (Å²) in [6, 6.07) is 10.6. The Kier molecular flexibility index (Phi) is 6.32. The van der Waals surface area contributed by atoms with Crippen molar-refractivity contribution in [3.63, 3.8) is 0 Å². The van der Waals surface area contributed by atoms with Gasteiger partial charge < -0.3 is 0 Å². The Labute approximate surface area is 99.7 Å². The summed E-state index contributed by atoms with van der Waals surface area (Å²) in [4.78, 5) is 0. The van der Waals surface area contributed by atoms with Gasteiger partial charge in [-0.25, -0.2) is 0 Å². The molecular formula is C16H22. The maximum atomic E-state index is 2.30. The van der Waals surface area contributed by atoms with Crippen molar-refractivity contribution in [2.75, 3.05) is 0 Å². The van der Waals surface area contributed by atoms with Crippen molar-refractivity contribution in [1.29, 1.82) is 0 Å². The molecule has 0 aliphatic rings. The minimum Gasteiger partial charge on any atom is -0.0888 e. The van der Waals surface area contributed by atoms with Gasteiger partial charge in [-0.1, -0.05) is 68.5 Å². The van der Waals surface area contributed by atoms with Gasteiger partial charge in [0.25, 0.3) is 0 Å². The maximum Gasteiger partial charge on any atom is -0.00104 e. The molecule has 86 valence electrons. The van der Waals surface area contributed by atoms with E-state index in [1.165, 1.54) is 5.56 Å². The van der Waals surface area contributed by atoms with Gasteiger partial charge in [0.05, 0.1) is 0 Å². The second-order valence-electron chi connectivity index (χ2n) is 4.08.